The first-order valence-electron chi connectivity index (χ1n) is 6.34. The molecule has 0 radical (unpaired) electrons. The van der Waals surface area contributed by atoms with Crippen molar-refractivity contribution in [1.82, 2.24) is 5.32 Å². The van der Waals surface area contributed by atoms with E-state index in [-0.39, 0.29) is 19.3 Å². The molecule has 0 aliphatic rings. The van der Waals surface area contributed by atoms with Crippen LogP contribution in [0.4, 0.5) is 0 Å². The molecular weight excluding hydrogens is 342 g/mol. The first kappa shape index (κ1) is 17.2. The first-order chi connectivity index (χ1) is 9.86. The van der Waals surface area contributed by atoms with Crippen LogP contribution in [0.3, 0.4) is 0 Å². The molecule has 0 fully saturated rings. The fraction of sp³-hybridized carbons (Fsp3) is 0.357. The predicted octanol–water partition coefficient (Wildman–Crippen LogP) is 1.82. The van der Waals surface area contributed by atoms with Crippen LogP contribution in [0.2, 0.25) is 0 Å². The van der Waals surface area contributed by atoms with Crippen LogP contribution in [-0.2, 0) is 20.8 Å². The lowest BCUT2D eigenvalue weighted by atomic mass is 10.0. The summed E-state index contributed by atoms with van der Waals surface area (Å²) in [6.45, 7) is 0. The molecule has 0 heterocycles. The van der Waals surface area contributed by atoms with E-state index in [1.165, 1.54) is 0 Å². The lowest BCUT2D eigenvalue weighted by Crippen LogP contribution is -2.38. The zero-order chi connectivity index (χ0) is 15.8. The fourth-order valence-electron chi connectivity index (χ4n) is 1.81. The summed E-state index contributed by atoms with van der Waals surface area (Å²) in [6, 6.07) is 6.77. The van der Waals surface area contributed by atoms with Gasteiger partial charge in [0.15, 0.2) is 0 Å². The van der Waals surface area contributed by atoms with Gasteiger partial charge in [-0.1, -0.05) is 28.1 Å². The van der Waals surface area contributed by atoms with Crippen molar-refractivity contribution in [3.8, 4) is 0 Å². The molecule has 1 amide bonds. The number of hydrogen-bond donors (Lipinski definition) is 3. The lowest BCUT2D eigenvalue weighted by Gasteiger charge is -2.17. The molecule has 0 aliphatic heterocycles. The van der Waals surface area contributed by atoms with Crippen LogP contribution in [0.25, 0.3) is 0 Å². The maximum absolute atomic E-state index is 11.6. The number of carboxylic acid groups (broad SMARTS) is 2. The Morgan fingerprint density at radius 3 is 2.19 bits per heavy atom. The van der Waals surface area contributed by atoms with Crippen LogP contribution in [0, 0.1) is 0 Å². The summed E-state index contributed by atoms with van der Waals surface area (Å²) in [5, 5.41) is 20.0. The number of carbonyl (C=O) groups excluding carboxylic acids is 1. The molecular formula is C14H16BrNO5. The minimum absolute atomic E-state index is 0.161. The number of rotatable bonds is 8. The van der Waals surface area contributed by atoms with Crippen LogP contribution in [0.5, 0.6) is 0 Å². The molecule has 0 saturated heterocycles. The van der Waals surface area contributed by atoms with E-state index in [9.17, 15) is 14.4 Å². The molecule has 3 N–H and O–H groups in total. The molecule has 114 valence electrons. The van der Waals surface area contributed by atoms with E-state index in [4.69, 9.17) is 10.2 Å². The van der Waals surface area contributed by atoms with Gasteiger partial charge in [-0.15, -0.1) is 0 Å². The number of carbonyl (C=O) groups is 3. The highest BCUT2D eigenvalue weighted by Crippen LogP contribution is 2.13. The summed E-state index contributed by atoms with van der Waals surface area (Å²) in [6.07, 6.45) is -0.275. The number of amides is 1. The monoisotopic (exact) mass is 357 g/mol. The Hall–Kier alpha value is -1.89. The van der Waals surface area contributed by atoms with Gasteiger partial charge in [0.05, 0.1) is 12.8 Å². The Bertz CT molecular complexity index is 515. The zero-order valence-corrected chi connectivity index (χ0v) is 12.8. The smallest absolute Gasteiger partial charge is 0.305 e. The summed E-state index contributed by atoms with van der Waals surface area (Å²) >= 11 is 3.31. The van der Waals surface area contributed by atoms with Gasteiger partial charge in [0.1, 0.15) is 0 Å². The average molecular weight is 358 g/mol. The molecule has 1 rings (SSSR count). The number of benzene rings is 1. The number of carboxylic acids is 2. The highest BCUT2D eigenvalue weighted by atomic mass is 79.9. The maximum Gasteiger partial charge on any atom is 0.305 e. The van der Waals surface area contributed by atoms with E-state index >= 15 is 0 Å². The Balaban J connectivity index is 2.62. The van der Waals surface area contributed by atoms with Gasteiger partial charge in [0.2, 0.25) is 5.91 Å². The highest BCUT2D eigenvalue weighted by molar-refractivity contribution is 9.10. The molecule has 0 saturated carbocycles. The third kappa shape index (κ3) is 7.45. The molecule has 1 aromatic carbocycles. The number of hydrogen-bond acceptors (Lipinski definition) is 3. The zero-order valence-electron chi connectivity index (χ0n) is 11.2. The van der Waals surface area contributed by atoms with Crippen LogP contribution < -0.4 is 5.32 Å². The summed E-state index contributed by atoms with van der Waals surface area (Å²) < 4.78 is 0.909. The Kier molecular flexibility index (Phi) is 6.87. The van der Waals surface area contributed by atoms with Crippen molar-refractivity contribution in [1.29, 1.82) is 0 Å². The van der Waals surface area contributed by atoms with Gasteiger partial charge in [-0.2, -0.15) is 0 Å². The van der Waals surface area contributed by atoms with E-state index < -0.39 is 23.9 Å². The van der Waals surface area contributed by atoms with Crippen molar-refractivity contribution in [2.45, 2.75) is 31.7 Å². The number of nitrogens with one attached hydrogen (secondary N) is 1. The standard InChI is InChI=1S/C14H16BrNO5/c15-10-3-1-9(2-4-10)7-11(8-14(20)21)16-12(17)5-6-13(18)19/h1-4,11H,5-8H2,(H,16,17)(H,18,19)(H,20,21)/t11-/m1/s1. The predicted molar refractivity (Wildman–Crippen MR) is 78.9 cm³/mol. The normalized spacial score (nSPS) is 11.7. The Labute approximate surface area is 130 Å². The van der Waals surface area contributed by atoms with Gasteiger partial charge in [0.25, 0.3) is 0 Å². The van der Waals surface area contributed by atoms with Crippen molar-refractivity contribution >= 4 is 33.8 Å². The second-order valence-electron chi connectivity index (χ2n) is 4.59. The van der Waals surface area contributed by atoms with Crippen molar-refractivity contribution < 1.29 is 24.6 Å². The highest BCUT2D eigenvalue weighted by Gasteiger charge is 2.17. The van der Waals surface area contributed by atoms with Gasteiger partial charge in [-0.05, 0) is 24.1 Å². The summed E-state index contributed by atoms with van der Waals surface area (Å²) in [5.41, 5.74) is 0.892. The van der Waals surface area contributed by atoms with Gasteiger partial charge < -0.3 is 15.5 Å². The molecule has 1 atom stereocenters. The van der Waals surface area contributed by atoms with Crippen molar-refractivity contribution in [3.05, 3.63) is 34.3 Å². The van der Waals surface area contributed by atoms with Crippen LogP contribution in [0.1, 0.15) is 24.8 Å². The molecule has 1 aromatic rings. The summed E-state index contributed by atoms with van der Waals surface area (Å²) in [7, 11) is 0. The number of halogens is 1. The minimum Gasteiger partial charge on any atom is -0.481 e. The molecule has 7 heteroatoms. The van der Waals surface area contributed by atoms with E-state index in [2.05, 4.69) is 21.2 Å². The third-order valence-corrected chi connectivity index (χ3v) is 3.28. The minimum atomic E-state index is -1.06. The molecule has 0 aromatic heterocycles. The fourth-order valence-corrected chi connectivity index (χ4v) is 2.07. The third-order valence-electron chi connectivity index (χ3n) is 2.75. The topological polar surface area (TPSA) is 104 Å². The molecule has 0 aliphatic carbocycles. The molecule has 0 bridgehead atoms. The average Bonchev–Trinajstić information content (AvgIpc) is 2.38. The van der Waals surface area contributed by atoms with E-state index in [0.29, 0.717) is 6.42 Å². The van der Waals surface area contributed by atoms with Gasteiger partial charge >= 0.3 is 11.9 Å². The summed E-state index contributed by atoms with van der Waals surface area (Å²) in [4.78, 5) is 32.9. The second kappa shape index (κ2) is 8.41. The molecule has 21 heavy (non-hydrogen) atoms. The Morgan fingerprint density at radius 1 is 1.05 bits per heavy atom. The molecule has 0 unspecified atom stereocenters. The largest absolute Gasteiger partial charge is 0.481 e. The van der Waals surface area contributed by atoms with Gasteiger partial charge in [-0.25, -0.2) is 0 Å². The van der Waals surface area contributed by atoms with Crippen molar-refractivity contribution in [2.24, 2.45) is 0 Å². The number of aliphatic carboxylic acids is 2. The van der Waals surface area contributed by atoms with Gasteiger partial charge in [-0.3, -0.25) is 14.4 Å². The quantitative estimate of drug-likeness (QED) is 0.658. The second-order valence-corrected chi connectivity index (χ2v) is 5.50. The van der Waals surface area contributed by atoms with E-state index in [1.807, 2.05) is 24.3 Å². The van der Waals surface area contributed by atoms with Crippen LogP contribution in [0.15, 0.2) is 28.7 Å². The van der Waals surface area contributed by atoms with Crippen molar-refractivity contribution in [2.75, 3.05) is 0 Å². The van der Waals surface area contributed by atoms with Crippen LogP contribution in [-0.4, -0.2) is 34.1 Å². The molecule has 0 spiro atoms. The van der Waals surface area contributed by atoms with Gasteiger partial charge in [0, 0.05) is 16.9 Å². The lowest BCUT2D eigenvalue weighted by molar-refractivity contribution is -0.140. The van der Waals surface area contributed by atoms with Crippen molar-refractivity contribution in [3.63, 3.8) is 0 Å². The Morgan fingerprint density at radius 2 is 1.67 bits per heavy atom. The first-order valence-corrected chi connectivity index (χ1v) is 7.13. The van der Waals surface area contributed by atoms with E-state index in [1.54, 1.807) is 0 Å². The SMILES string of the molecule is O=C(O)CCC(=O)N[C@@H](CC(=O)O)Cc1ccc(Br)cc1. The summed E-state index contributed by atoms with van der Waals surface area (Å²) in [5.74, 6) is -2.54. The van der Waals surface area contributed by atoms with Crippen LogP contribution >= 0.6 is 15.9 Å². The maximum atomic E-state index is 11.6. The molecule has 6 nitrogen and oxygen atoms in total. The van der Waals surface area contributed by atoms with E-state index in [0.717, 1.165) is 10.0 Å².